The summed E-state index contributed by atoms with van der Waals surface area (Å²) in [6, 6.07) is 9.33. The Bertz CT molecular complexity index is 589. The van der Waals surface area contributed by atoms with E-state index >= 15 is 0 Å². The highest BCUT2D eigenvalue weighted by atomic mass is 32.1. The molecule has 1 aliphatic carbocycles. The molecule has 2 aromatic rings. The Hall–Kier alpha value is -1.19. The van der Waals surface area contributed by atoms with Crippen LogP contribution in [0.4, 0.5) is 0 Å². The molecule has 3 heteroatoms. The van der Waals surface area contributed by atoms with Crippen LogP contribution < -0.4 is 5.32 Å². The van der Waals surface area contributed by atoms with Gasteiger partial charge in [-0.3, -0.25) is 0 Å². The highest BCUT2D eigenvalue weighted by molar-refractivity contribution is 7.09. The quantitative estimate of drug-likeness (QED) is 0.896. The lowest BCUT2D eigenvalue weighted by atomic mass is 9.70. The van der Waals surface area contributed by atoms with Crippen LogP contribution in [-0.4, -0.2) is 11.5 Å². The maximum Gasteiger partial charge on any atom is 0.0965 e. The van der Waals surface area contributed by atoms with Crippen molar-refractivity contribution in [2.24, 2.45) is 5.41 Å². The molecule has 1 aliphatic rings. The van der Waals surface area contributed by atoms with Crippen molar-refractivity contribution < 1.29 is 0 Å². The van der Waals surface area contributed by atoms with E-state index in [0.29, 0.717) is 17.4 Å². The van der Waals surface area contributed by atoms with Crippen molar-refractivity contribution in [2.45, 2.75) is 45.6 Å². The van der Waals surface area contributed by atoms with Crippen molar-refractivity contribution in [2.75, 3.05) is 6.54 Å². The average Bonchev–Trinajstić information content (AvgIpc) is 3.00. The molecule has 1 aromatic heterocycles. The number of hydrogen-bond acceptors (Lipinski definition) is 3. The number of benzene rings is 1. The van der Waals surface area contributed by atoms with Crippen molar-refractivity contribution in [1.82, 2.24) is 10.3 Å². The van der Waals surface area contributed by atoms with Crippen molar-refractivity contribution >= 4 is 11.3 Å². The van der Waals surface area contributed by atoms with E-state index in [0.717, 1.165) is 6.54 Å². The second-order valence-electron chi connectivity index (χ2n) is 6.80. The Kier molecular flexibility index (Phi) is 4.14. The standard InChI is InChI=1S/C18H24N2S/c1-13(17-19-10-11-21-17)12-20-16-15-7-5-4-6-14(15)8-9-18(16,2)3/h4-7,10-11,13,16,20H,8-9,12H2,1-3H3. The lowest BCUT2D eigenvalue weighted by molar-refractivity contribution is 0.207. The molecule has 112 valence electrons. The minimum absolute atomic E-state index is 0.303. The number of fused-ring (bicyclic) bond motifs is 1. The van der Waals surface area contributed by atoms with Gasteiger partial charge in [-0.2, -0.15) is 0 Å². The fraction of sp³-hybridized carbons (Fsp3) is 0.500. The molecule has 2 nitrogen and oxygen atoms in total. The summed E-state index contributed by atoms with van der Waals surface area (Å²) in [6.07, 6.45) is 4.34. The van der Waals surface area contributed by atoms with E-state index in [-0.39, 0.29) is 0 Å². The van der Waals surface area contributed by atoms with Crippen LogP contribution in [0.25, 0.3) is 0 Å². The van der Waals surface area contributed by atoms with Crippen molar-refractivity contribution in [1.29, 1.82) is 0 Å². The molecule has 0 bridgehead atoms. The number of thiazole rings is 1. The van der Waals surface area contributed by atoms with E-state index in [1.54, 1.807) is 11.3 Å². The Morgan fingerprint density at radius 1 is 1.38 bits per heavy atom. The van der Waals surface area contributed by atoms with Crippen LogP contribution >= 0.6 is 11.3 Å². The number of nitrogens with zero attached hydrogens (tertiary/aromatic N) is 1. The molecule has 21 heavy (non-hydrogen) atoms. The predicted octanol–water partition coefficient (Wildman–Crippen LogP) is 4.55. The molecule has 0 spiro atoms. The highest BCUT2D eigenvalue weighted by Crippen LogP contribution is 2.43. The third-order valence-corrected chi connectivity index (χ3v) is 5.69. The van der Waals surface area contributed by atoms with Gasteiger partial charge in [0.15, 0.2) is 0 Å². The molecule has 1 N–H and O–H groups in total. The predicted molar refractivity (Wildman–Crippen MR) is 89.8 cm³/mol. The minimum atomic E-state index is 0.303. The molecule has 3 rings (SSSR count). The van der Waals surface area contributed by atoms with Crippen LogP contribution in [0.15, 0.2) is 35.8 Å². The zero-order valence-corrected chi connectivity index (χ0v) is 13.9. The SMILES string of the molecule is CC(CNC1c2ccccc2CCC1(C)C)c1nccs1. The van der Waals surface area contributed by atoms with Gasteiger partial charge >= 0.3 is 0 Å². The average molecular weight is 300 g/mol. The molecule has 0 radical (unpaired) electrons. The lowest BCUT2D eigenvalue weighted by Crippen LogP contribution is -2.39. The summed E-state index contributed by atoms with van der Waals surface area (Å²) in [5, 5.41) is 7.11. The van der Waals surface area contributed by atoms with E-state index in [9.17, 15) is 0 Å². The van der Waals surface area contributed by atoms with Crippen molar-refractivity contribution in [3.63, 3.8) is 0 Å². The van der Waals surface area contributed by atoms with Crippen LogP contribution in [0, 0.1) is 5.41 Å². The fourth-order valence-electron chi connectivity index (χ4n) is 3.31. The normalized spacial score (nSPS) is 21.8. The molecule has 0 saturated carbocycles. The second-order valence-corrected chi connectivity index (χ2v) is 7.73. The summed E-state index contributed by atoms with van der Waals surface area (Å²) in [5.41, 5.74) is 3.30. The first-order valence-corrected chi connectivity index (χ1v) is 8.66. The van der Waals surface area contributed by atoms with Gasteiger partial charge in [-0.15, -0.1) is 11.3 Å². The summed E-state index contributed by atoms with van der Waals surface area (Å²) >= 11 is 1.75. The van der Waals surface area contributed by atoms with E-state index in [4.69, 9.17) is 0 Å². The number of rotatable bonds is 4. The number of hydrogen-bond donors (Lipinski definition) is 1. The molecular weight excluding hydrogens is 276 g/mol. The Morgan fingerprint density at radius 3 is 2.95 bits per heavy atom. The molecule has 0 aliphatic heterocycles. The van der Waals surface area contributed by atoms with Gasteiger partial charge in [-0.05, 0) is 29.4 Å². The lowest BCUT2D eigenvalue weighted by Gasteiger charge is -2.41. The third-order valence-electron chi connectivity index (χ3n) is 4.69. The van der Waals surface area contributed by atoms with E-state index in [1.807, 2.05) is 6.20 Å². The largest absolute Gasteiger partial charge is 0.309 e. The molecule has 2 unspecified atom stereocenters. The first kappa shape index (κ1) is 14.7. The number of aromatic nitrogens is 1. The van der Waals surface area contributed by atoms with Crippen LogP contribution in [-0.2, 0) is 6.42 Å². The van der Waals surface area contributed by atoms with Crippen LogP contribution in [0.1, 0.15) is 55.3 Å². The van der Waals surface area contributed by atoms with Gasteiger partial charge < -0.3 is 5.32 Å². The second kappa shape index (κ2) is 5.90. The molecule has 1 heterocycles. The van der Waals surface area contributed by atoms with E-state index < -0.39 is 0 Å². The zero-order chi connectivity index (χ0) is 14.9. The van der Waals surface area contributed by atoms with Gasteiger partial charge in [0, 0.05) is 30.1 Å². The third kappa shape index (κ3) is 3.04. The molecular formula is C18H24N2S. The molecule has 1 aromatic carbocycles. The summed E-state index contributed by atoms with van der Waals surface area (Å²) in [5.74, 6) is 0.467. The van der Waals surface area contributed by atoms with Gasteiger partial charge in [0.25, 0.3) is 0 Å². The van der Waals surface area contributed by atoms with E-state index in [2.05, 4.69) is 60.7 Å². The Balaban J connectivity index is 1.77. The zero-order valence-electron chi connectivity index (χ0n) is 13.1. The Morgan fingerprint density at radius 2 is 2.19 bits per heavy atom. The van der Waals surface area contributed by atoms with Crippen molar-refractivity contribution in [3.8, 4) is 0 Å². The van der Waals surface area contributed by atoms with Gasteiger partial charge in [-0.1, -0.05) is 45.0 Å². The maximum absolute atomic E-state index is 4.44. The molecule has 2 atom stereocenters. The van der Waals surface area contributed by atoms with Gasteiger partial charge in [0.1, 0.15) is 0 Å². The number of aryl methyl sites for hydroxylation is 1. The fourth-order valence-corrected chi connectivity index (χ4v) is 4.01. The summed E-state index contributed by atoms with van der Waals surface area (Å²) in [4.78, 5) is 4.44. The van der Waals surface area contributed by atoms with Gasteiger partial charge in [0.2, 0.25) is 0 Å². The monoisotopic (exact) mass is 300 g/mol. The van der Waals surface area contributed by atoms with Crippen LogP contribution in [0.5, 0.6) is 0 Å². The summed E-state index contributed by atoms with van der Waals surface area (Å²) < 4.78 is 0. The number of nitrogens with one attached hydrogen (secondary N) is 1. The van der Waals surface area contributed by atoms with Gasteiger partial charge in [-0.25, -0.2) is 4.98 Å². The van der Waals surface area contributed by atoms with Crippen molar-refractivity contribution in [3.05, 3.63) is 52.0 Å². The Labute approximate surface area is 131 Å². The first-order chi connectivity index (χ1) is 10.1. The summed E-state index contributed by atoms with van der Waals surface area (Å²) in [7, 11) is 0. The minimum Gasteiger partial charge on any atom is -0.309 e. The smallest absolute Gasteiger partial charge is 0.0965 e. The topological polar surface area (TPSA) is 24.9 Å². The maximum atomic E-state index is 4.44. The van der Waals surface area contributed by atoms with Crippen LogP contribution in [0.3, 0.4) is 0 Å². The highest BCUT2D eigenvalue weighted by Gasteiger charge is 2.35. The van der Waals surface area contributed by atoms with Crippen LogP contribution in [0.2, 0.25) is 0 Å². The van der Waals surface area contributed by atoms with E-state index in [1.165, 1.54) is 29.0 Å². The molecule has 0 saturated heterocycles. The van der Waals surface area contributed by atoms with Gasteiger partial charge in [0.05, 0.1) is 5.01 Å². The molecule has 0 amide bonds. The molecule has 0 fully saturated rings. The first-order valence-electron chi connectivity index (χ1n) is 7.78. The summed E-state index contributed by atoms with van der Waals surface area (Å²) in [6.45, 7) is 8.01.